The lowest BCUT2D eigenvalue weighted by atomic mass is 10.1. The van der Waals surface area contributed by atoms with Gasteiger partial charge in [-0.1, -0.05) is 66.7 Å². The molecule has 4 aromatic rings. The van der Waals surface area contributed by atoms with Gasteiger partial charge in [-0.15, -0.1) is 0 Å². The van der Waals surface area contributed by atoms with Crippen LogP contribution in [0.3, 0.4) is 0 Å². The van der Waals surface area contributed by atoms with Crippen LogP contribution in [0, 0.1) is 0 Å². The first-order valence-corrected chi connectivity index (χ1v) is 9.48. The van der Waals surface area contributed by atoms with Crippen LogP contribution in [0.5, 0.6) is 5.75 Å². The zero-order valence-corrected chi connectivity index (χ0v) is 15.8. The number of para-hydroxylation sites is 2. The Hall–Kier alpha value is -3.86. The van der Waals surface area contributed by atoms with Gasteiger partial charge in [0.15, 0.2) is 0 Å². The molecular weight excluding hydrogens is 362 g/mol. The Bertz CT molecular complexity index is 1110. The summed E-state index contributed by atoms with van der Waals surface area (Å²) in [6, 6.07) is 26.5. The fraction of sp³-hybridized carbons (Fsp3) is 0.0833. The summed E-state index contributed by atoms with van der Waals surface area (Å²) in [5, 5.41) is 17.5. The molecule has 0 spiro atoms. The highest BCUT2D eigenvalue weighted by molar-refractivity contribution is 5.99. The number of phenols is 1. The normalized spacial score (nSPS) is 10.6. The summed E-state index contributed by atoms with van der Waals surface area (Å²) in [5.41, 5.74) is 3.72. The Balaban J connectivity index is 1.58. The number of nitrogens with one attached hydrogen (secondary N) is 1. The molecule has 5 nitrogen and oxygen atoms in total. The molecule has 3 aromatic carbocycles. The molecule has 0 saturated heterocycles. The Morgan fingerprint density at radius 3 is 2.28 bits per heavy atom. The van der Waals surface area contributed by atoms with Crippen molar-refractivity contribution in [2.75, 3.05) is 6.54 Å². The summed E-state index contributed by atoms with van der Waals surface area (Å²) < 4.78 is 1.72. The topological polar surface area (TPSA) is 67.2 Å². The van der Waals surface area contributed by atoms with Crippen LogP contribution in [0.2, 0.25) is 0 Å². The van der Waals surface area contributed by atoms with Crippen LogP contribution in [-0.4, -0.2) is 27.3 Å². The lowest BCUT2D eigenvalue weighted by molar-refractivity contribution is 0.0954. The molecule has 4 rings (SSSR count). The summed E-state index contributed by atoms with van der Waals surface area (Å²) in [4.78, 5) is 12.9. The van der Waals surface area contributed by atoms with Crippen LogP contribution in [-0.2, 0) is 6.42 Å². The van der Waals surface area contributed by atoms with Gasteiger partial charge >= 0.3 is 0 Å². The number of benzene rings is 3. The van der Waals surface area contributed by atoms with Crippen LogP contribution in [0.4, 0.5) is 0 Å². The zero-order valence-electron chi connectivity index (χ0n) is 15.8. The second-order valence-corrected chi connectivity index (χ2v) is 6.67. The van der Waals surface area contributed by atoms with E-state index in [9.17, 15) is 9.90 Å². The average Bonchev–Trinajstić information content (AvgIpc) is 3.22. The predicted octanol–water partition coefficient (Wildman–Crippen LogP) is 4.22. The van der Waals surface area contributed by atoms with E-state index in [0.717, 1.165) is 16.8 Å². The van der Waals surface area contributed by atoms with Crippen molar-refractivity contribution in [3.8, 4) is 22.7 Å². The first-order chi connectivity index (χ1) is 14.2. The van der Waals surface area contributed by atoms with Crippen LogP contribution < -0.4 is 5.32 Å². The number of amides is 1. The number of carbonyl (C=O) groups excluding carboxylic acids is 1. The van der Waals surface area contributed by atoms with Crippen molar-refractivity contribution < 1.29 is 9.90 Å². The molecular formula is C24H21N3O2. The number of aromatic hydroxyl groups is 1. The van der Waals surface area contributed by atoms with E-state index in [0.29, 0.717) is 24.2 Å². The smallest absolute Gasteiger partial charge is 0.255 e. The Kier molecular flexibility index (Phi) is 5.38. The van der Waals surface area contributed by atoms with E-state index in [1.54, 1.807) is 23.0 Å². The maximum atomic E-state index is 12.9. The molecule has 0 aliphatic carbocycles. The minimum Gasteiger partial charge on any atom is -0.508 e. The third kappa shape index (κ3) is 4.19. The SMILES string of the molecule is O=C(NCCc1ccccc1O)c1cn(-c2ccccc2)nc1-c1ccccc1. The quantitative estimate of drug-likeness (QED) is 0.524. The van der Waals surface area contributed by atoms with Crippen molar-refractivity contribution in [2.45, 2.75) is 6.42 Å². The highest BCUT2D eigenvalue weighted by atomic mass is 16.3. The molecule has 0 aliphatic heterocycles. The number of hydrogen-bond donors (Lipinski definition) is 2. The standard InChI is InChI=1S/C24H21N3O2/c28-22-14-8-7-9-18(22)15-16-25-24(29)21-17-27(20-12-5-2-6-13-20)26-23(21)19-10-3-1-4-11-19/h1-14,17,28H,15-16H2,(H,25,29). The largest absolute Gasteiger partial charge is 0.508 e. The maximum absolute atomic E-state index is 12.9. The molecule has 144 valence electrons. The first-order valence-electron chi connectivity index (χ1n) is 9.48. The van der Waals surface area contributed by atoms with Crippen molar-refractivity contribution in [1.29, 1.82) is 0 Å². The molecule has 0 unspecified atom stereocenters. The van der Waals surface area contributed by atoms with Gasteiger partial charge in [0.2, 0.25) is 0 Å². The summed E-state index contributed by atoms with van der Waals surface area (Å²) in [6.07, 6.45) is 2.30. The van der Waals surface area contributed by atoms with Crippen LogP contribution >= 0.6 is 0 Å². The number of aromatic nitrogens is 2. The first kappa shape index (κ1) is 18.5. The molecule has 0 radical (unpaired) electrons. The number of rotatable bonds is 6. The van der Waals surface area contributed by atoms with Crippen molar-refractivity contribution >= 4 is 5.91 Å². The molecule has 29 heavy (non-hydrogen) atoms. The lowest BCUT2D eigenvalue weighted by Crippen LogP contribution is -2.25. The van der Waals surface area contributed by atoms with E-state index in [1.807, 2.05) is 72.8 Å². The highest BCUT2D eigenvalue weighted by Crippen LogP contribution is 2.23. The Labute approximate surface area is 169 Å². The summed E-state index contributed by atoms with van der Waals surface area (Å²) in [7, 11) is 0. The fourth-order valence-corrected chi connectivity index (χ4v) is 3.19. The van der Waals surface area contributed by atoms with Gasteiger partial charge < -0.3 is 10.4 Å². The zero-order chi connectivity index (χ0) is 20.1. The van der Waals surface area contributed by atoms with Crippen molar-refractivity contribution in [1.82, 2.24) is 15.1 Å². The van der Waals surface area contributed by atoms with Crippen molar-refractivity contribution in [3.63, 3.8) is 0 Å². The van der Waals surface area contributed by atoms with Gasteiger partial charge in [0.25, 0.3) is 5.91 Å². The molecule has 0 saturated carbocycles. The molecule has 2 N–H and O–H groups in total. The lowest BCUT2D eigenvalue weighted by Gasteiger charge is -2.07. The van der Waals surface area contributed by atoms with Crippen LogP contribution in [0.15, 0.2) is 91.1 Å². The molecule has 1 heterocycles. The fourth-order valence-electron chi connectivity index (χ4n) is 3.19. The van der Waals surface area contributed by atoms with Gasteiger partial charge in [-0.05, 0) is 30.2 Å². The minimum absolute atomic E-state index is 0.193. The molecule has 5 heteroatoms. The van der Waals surface area contributed by atoms with Gasteiger partial charge in [0.1, 0.15) is 11.4 Å². The Morgan fingerprint density at radius 1 is 0.897 bits per heavy atom. The van der Waals surface area contributed by atoms with E-state index in [4.69, 9.17) is 0 Å². The minimum atomic E-state index is -0.193. The number of carbonyl (C=O) groups is 1. The molecule has 1 amide bonds. The van der Waals surface area contributed by atoms with Crippen LogP contribution in [0.25, 0.3) is 16.9 Å². The third-order valence-corrected chi connectivity index (χ3v) is 4.70. The predicted molar refractivity (Wildman–Crippen MR) is 113 cm³/mol. The summed E-state index contributed by atoms with van der Waals surface area (Å²) in [5.74, 6) is 0.0464. The van der Waals surface area contributed by atoms with E-state index in [-0.39, 0.29) is 11.7 Å². The van der Waals surface area contributed by atoms with E-state index < -0.39 is 0 Å². The van der Waals surface area contributed by atoms with Gasteiger partial charge in [-0.3, -0.25) is 4.79 Å². The van der Waals surface area contributed by atoms with E-state index in [2.05, 4.69) is 10.4 Å². The third-order valence-electron chi connectivity index (χ3n) is 4.70. The molecule has 0 aliphatic rings. The van der Waals surface area contributed by atoms with Crippen molar-refractivity contribution in [3.05, 3.63) is 102 Å². The second-order valence-electron chi connectivity index (χ2n) is 6.67. The summed E-state index contributed by atoms with van der Waals surface area (Å²) in [6.45, 7) is 0.418. The number of nitrogens with zero attached hydrogens (tertiary/aromatic N) is 2. The average molecular weight is 383 g/mol. The molecule has 0 bridgehead atoms. The summed E-state index contributed by atoms with van der Waals surface area (Å²) >= 11 is 0. The second kappa shape index (κ2) is 8.44. The van der Waals surface area contributed by atoms with Crippen molar-refractivity contribution in [2.24, 2.45) is 0 Å². The van der Waals surface area contributed by atoms with E-state index in [1.165, 1.54) is 0 Å². The number of hydrogen-bond acceptors (Lipinski definition) is 3. The van der Waals surface area contributed by atoms with Gasteiger partial charge in [0.05, 0.1) is 11.3 Å². The van der Waals surface area contributed by atoms with Gasteiger partial charge in [-0.2, -0.15) is 5.10 Å². The van der Waals surface area contributed by atoms with Gasteiger partial charge in [-0.25, -0.2) is 4.68 Å². The highest BCUT2D eigenvalue weighted by Gasteiger charge is 2.18. The van der Waals surface area contributed by atoms with Gasteiger partial charge in [0, 0.05) is 18.3 Å². The number of phenolic OH excluding ortho intramolecular Hbond substituents is 1. The molecule has 0 atom stereocenters. The van der Waals surface area contributed by atoms with Crippen LogP contribution in [0.1, 0.15) is 15.9 Å². The maximum Gasteiger partial charge on any atom is 0.255 e. The van der Waals surface area contributed by atoms with E-state index >= 15 is 0 Å². The molecule has 0 fully saturated rings. The molecule has 1 aromatic heterocycles. The monoisotopic (exact) mass is 383 g/mol. The Morgan fingerprint density at radius 2 is 1.55 bits per heavy atom.